The van der Waals surface area contributed by atoms with Gasteiger partial charge in [0.15, 0.2) is 0 Å². The lowest BCUT2D eigenvalue weighted by Gasteiger charge is -2.13. The predicted octanol–water partition coefficient (Wildman–Crippen LogP) is -1.00. The van der Waals surface area contributed by atoms with Gasteiger partial charge in [0.2, 0.25) is 0 Å². The lowest BCUT2D eigenvalue weighted by atomic mass is 10.3. The zero-order valence-electron chi connectivity index (χ0n) is 7.18. The lowest BCUT2D eigenvalue weighted by Crippen LogP contribution is -2.25. The van der Waals surface area contributed by atoms with Crippen molar-refractivity contribution in [2.24, 2.45) is 0 Å². The molecular weight excluding hydrogens is 246 g/mol. The minimum atomic E-state index is -4.93. The van der Waals surface area contributed by atoms with E-state index in [0.717, 1.165) is 18.2 Å². The molecule has 0 aliphatic rings. The largest absolute Gasteiger partial charge is 0.507 e. The van der Waals surface area contributed by atoms with Crippen molar-refractivity contribution >= 4 is 25.8 Å². The summed E-state index contributed by atoms with van der Waals surface area (Å²) in [6, 6.07) is 2.88. The maximum Gasteiger partial charge on any atom is 0.360 e. The van der Waals surface area contributed by atoms with Gasteiger partial charge in [-0.3, -0.25) is 9.13 Å². The molecule has 5 N–H and O–H groups in total. The quantitative estimate of drug-likeness (QED) is 0.427. The van der Waals surface area contributed by atoms with E-state index in [1.54, 1.807) is 0 Å². The molecule has 0 saturated heterocycles. The van der Waals surface area contributed by atoms with Crippen LogP contribution in [0.1, 0.15) is 0 Å². The van der Waals surface area contributed by atoms with Gasteiger partial charge in [0.1, 0.15) is 11.1 Å². The van der Waals surface area contributed by atoms with Crippen molar-refractivity contribution in [2.75, 3.05) is 0 Å². The molecule has 0 amide bonds. The number of rotatable bonds is 2. The topological polar surface area (TPSA) is 135 Å². The third-order valence-corrected chi connectivity index (χ3v) is 3.83. The summed E-state index contributed by atoms with van der Waals surface area (Å²) in [5, 5.41) is 7.26. The van der Waals surface area contributed by atoms with Gasteiger partial charge in [0.05, 0.1) is 5.30 Å². The third kappa shape index (κ3) is 2.66. The van der Waals surface area contributed by atoms with Gasteiger partial charge in [-0.15, -0.1) is 0 Å². The zero-order chi connectivity index (χ0) is 11.9. The maximum absolute atomic E-state index is 10.9. The van der Waals surface area contributed by atoms with Crippen molar-refractivity contribution in [1.82, 2.24) is 0 Å². The van der Waals surface area contributed by atoms with Crippen molar-refractivity contribution in [3.05, 3.63) is 18.2 Å². The molecular formula is C6H8O7P2. The number of aromatic hydroxyl groups is 1. The Labute approximate surface area is 84.3 Å². The Morgan fingerprint density at radius 2 is 1.47 bits per heavy atom. The van der Waals surface area contributed by atoms with E-state index in [4.69, 9.17) is 24.7 Å². The first-order valence-corrected chi connectivity index (χ1v) is 6.80. The molecule has 1 aromatic rings. The second kappa shape index (κ2) is 3.72. The molecule has 0 heterocycles. The van der Waals surface area contributed by atoms with Crippen molar-refractivity contribution in [1.29, 1.82) is 0 Å². The summed E-state index contributed by atoms with van der Waals surface area (Å²) in [6.07, 6.45) is 0. The Morgan fingerprint density at radius 3 is 1.80 bits per heavy atom. The monoisotopic (exact) mass is 254 g/mol. The van der Waals surface area contributed by atoms with E-state index in [9.17, 15) is 9.13 Å². The van der Waals surface area contributed by atoms with Crippen LogP contribution < -0.4 is 10.6 Å². The first kappa shape index (κ1) is 12.4. The maximum atomic E-state index is 10.9. The number of phenolic OH excluding ortho intramolecular Hbond substituents is 1. The van der Waals surface area contributed by atoms with E-state index >= 15 is 0 Å². The summed E-state index contributed by atoms with van der Waals surface area (Å²) in [6.45, 7) is 0. The highest BCUT2D eigenvalue weighted by atomic mass is 31.2. The standard InChI is InChI=1S/C6H8O7P2/c7-4-2-1-3-5(14(8,9)10)6(4)15(11,12)13/h1-3,7H,(H2,8,9,10)(H2,11,12,13). The minimum Gasteiger partial charge on any atom is -0.507 e. The first-order valence-electron chi connectivity index (χ1n) is 3.58. The van der Waals surface area contributed by atoms with Gasteiger partial charge in [0, 0.05) is 0 Å². The molecule has 0 unspecified atom stereocenters. The molecule has 0 atom stereocenters. The van der Waals surface area contributed by atoms with Crippen LogP contribution in [0.3, 0.4) is 0 Å². The summed E-state index contributed by atoms with van der Waals surface area (Å²) < 4.78 is 21.8. The number of hydrogen-bond donors (Lipinski definition) is 5. The van der Waals surface area contributed by atoms with E-state index in [1.807, 2.05) is 0 Å². The Balaban J connectivity index is 3.63. The normalized spacial score (nSPS) is 12.8. The highest BCUT2D eigenvalue weighted by molar-refractivity contribution is 7.67. The van der Waals surface area contributed by atoms with Crippen molar-refractivity contribution in [3.8, 4) is 5.75 Å². The highest BCUT2D eigenvalue weighted by Gasteiger charge is 2.33. The van der Waals surface area contributed by atoms with Crippen LogP contribution in [0.2, 0.25) is 0 Å². The molecule has 0 saturated carbocycles. The average molecular weight is 254 g/mol. The Kier molecular flexibility index (Phi) is 3.07. The average Bonchev–Trinajstić information content (AvgIpc) is 1.99. The molecule has 1 aromatic carbocycles. The molecule has 0 aliphatic heterocycles. The molecule has 0 bridgehead atoms. The molecule has 7 nitrogen and oxygen atoms in total. The highest BCUT2D eigenvalue weighted by Crippen LogP contribution is 2.42. The third-order valence-electron chi connectivity index (χ3n) is 1.60. The van der Waals surface area contributed by atoms with Crippen molar-refractivity contribution < 1.29 is 33.8 Å². The van der Waals surface area contributed by atoms with Crippen molar-refractivity contribution in [2.45, 2.75) is 0 Å². The van der Waals surface area contributed by atoms with E-state index in [2.05, 4.69) is 0 Å². The van der Waals surface area contributed by atoms with Crippen molar-refractivity contribution in [3.63, 3.8) is 0 Å². The smallest absolute Gasteiger partial charge is 0.360 e. The van der Waals surface area contributed by atoms with Crippen LogP contribution in [0, 0.1) is 0 Å². The van der Waals surface area contributed by atoms with Crippen LogP contribution in [-0.4, -0.2) is 24.7 Å². The summed E-state index contributed by atoms with van der Waals surface area (Å²) in [5.41, 5.74) is 0. The van der Waals surface area contributed by atoms with E-state index in [-0.39, 0.29) is 0 Å². The van der Waals surface area contributed by atoms with Gasteiger partial charge >= 0.3 is 15.2 Å². The van der Waals surface area contributed by atoms with Gasteiger partial charge in [-0.25, -0.2) is 0 Å². The van der Waals surface area contributed by atoms with Gasteiger partial charge < -0.3 is 24.7 Å². The second-order valence-corrected chi connectivity index (χ2v) is 5.84. The molecule has 84 valence electrons. The number of phenols is 1. The Morgan fingerprint density at radius 1 is 0.933 bits per heavy atom. The molecule has 0 fully saturated rings. The summed E-state index contributed by atoms with van der Waals surface area (Å²) in [7, 11) is -9.76. The van der Waals surface area contributed by atoms with E-state index in [0.29, 0.717) is 0 Å². The van der Waals surface area contributed by atoms with E-state index in [1.165, 1.54) is 0 Å². The van der Waals surface area contributed by atoms with Crippen LogP contribution in [0.4, 0.5) is 0 Å². The SMILES string of the molecule is O=P(O)(O)c1cccc(O)c1P(=O)(O)O. The van der Waals surface area contributed by atoms with Gasteiger partial charge in [-0.05, 0) is 12.1 Å². The van der Waals surface area contributed by atoms with E-state index < -0.39 is 31.6 Å². The predicted molar refractivity (Wildman–Crippen MR) is 51.5 cm³/mol. The molecule has 0 aromatic heterocycles. The fraction of sp³-hybridized carbons (Fsp3) is 0. The Bertz CT molecular complexity index is 470. The summed E-state index contributed by atoms with van der Waals surface area (Å²) in [4.78, 5) is 35.3. The molecule has 9 heteroatoms. The number of hydrogen-bond acceptors (Lipinski definition) is 3. The zero-order valence-corrected chi connectivity index (χ0v) is 8.97. The molecule has 0 spiro atoms. The fourth-order valence-electron chi connectivity index (χ4n) is 1.05. The van der Waals surface area contributed by atoms with Gasteiger partial charge in [-0.2, -0.15) is 0 Å². The minimum absolute atomic E-state index is 0.843. The number of benzene rings is 1. The van der Waals surface area contributed by atoms with Crippen LogP contribution >= 0.6 is 15.2 Å². The van der Waals surface area contributed by atoms with Gasteiger partial charge in [-0.1, -0.05) is 6.07 Å². The van der Waals surface area contributed by atoms with Crippen LogP contribution in [0.5, 0.6) is 5.75 Å². The Hall–Kier alpha value is -0.680. The van der Waals surface area contributed by atoms with Crippen LogP contribution in [0.25, 0.3) is 0 Å². The van der Waals surface area contributed by atoms with Gasteiger partial charge in [0.25, 0.3) is 0 Å². The first-order chi connectivity index (χ1) is 6.64. The van der Waals surface area contributed by atoms with Crippen LogP contribution in [0.15, 0.2) is 18.2 Å². The molecule has 15 heavy (non-hydrogen) atoms. The fourth-order valence-corrected chi connectivity index (χ4v) is 3.25. The second-order valence-electron chi connectivity index (χ2n) is 2.73. The molecule has 0 aliphatic carbocycles. The summed E-state index contributed by atoms with van der Waals surface area (Å²) >= 11 is 0. The molecule has 0 radical (unpaired) electrons. The summed E-state index contributed by atoms with van der Waals surface area (Å²) in [5.74, 6) is -0.843. The molecule has 1 rings (SSSR count). The lowest BCUT2D eigenvalue weighted by molar-refractivity contribution is 0.378. The van der Waals surface area contributed by atoms with Crippen LogP contribution in [-0.2, 0) is 9.13 Å².